The Balaban J connectivity index is 4.56. The molecule has 218 valence electrons. The fraction of sp³-hybridized carbons (Fsp3) is 0.808. The molecule has 0 aromatic heterocycles. The molecule has 0 N–H and O–H groups in total. The van der Waals surface area contributed by atoms with E-state index in [1.54, 1.807) is 69.2 Å². The Morgan fingerprint density at radius 2 is 0.921 bits per heavy atom. The van der Waals surface area contributed by atoms with E-state index in [-0.39, 0.29) is 0 Å². The second-order valence-electron chi connectivity index (χ2n) is 12.4. The van der Waals surface area contributed by atoms with Crippen molar-refractivity contribution in [1.82, 2.24) is 0 Å². The second kappa shape index (κ2) is 11.3. The quantitative estimate of drug-likeness (QED) is 0.145. The second-order valence-corrected chi connectivity index (χ2v) is 23.2. The third kappa shape index (κ3) is 6.99. The Labute approximate surface area is 273 Å². The van der Waals surface area contributed by atoms with E-state index in [2.05, 4.69) is 79.6 Å². The maximum atomic E-state index is 14.6. The topological polar surface area (TPSA) is 94.6 Å². The van der Waals surface area contributed by atoms with Crippen molar-refractivity contribution < 1.29 is 28.7 Å². The minimum atomic E-state index is -2.30. The highest BCUT2D eigenvalue weighted by Gasteiger charge is 2.76. The van der Waals surface area contributed by atoms with Crippen molar-refractivity contribution in [3.05, 3.63) is 0 Å². The maximum Gasteiger partial charge on any atom is 0.178 e. The summed E-state index contributed by atoms with van der Waals surface area (Å²) in [5.41, 5.74) is -2.30. The van der Waals surface area contributed by atoms with Gasteiger partial charge in [0.15, 0.2) is 28.9 Å². The maximum absolute atomic E-state index is 14.6. The Kier molecular flexibility index (Phi) is 11.0. The van der Waals surface area contributed by atoms with Gasteiger partial charge in [0.05, 0.1) is 33.5 Å². The third-order valence-electron chi connectivity index (χ3n) is 6.64. The van der Waals surface area contributed by atoms with Crippen molar-refractivity contribution in [2.75, 3.05) is 0 Å². The molecule has 0 spiro atoms. The summed E-state index contributed by atoms with van der Waals surface area (Å²) in [5, 5.41) is 0. The van der Waals surface area contributed by atoms with Gasteiger partial charge in [0.25, 0.3) is 0 Å². The Hall–Kier alpha value is 1.06. The smallest absolute Gasteiger partial charge is 0.178 e. The molecule has 0 bridgehead atoms. The summed E-state index contributed by atoms with van der Waals surface area (Å²) in [6.07, 6.45) is -1.49. The van der Waals surface area contributed by atoms with Crippen LogP contribution in [0.5, 0.6) is 0 Å². The predicted octanol–water partition coefficient (Wildman–Crippen LogP) is 6.96. The molecule has 0 amide bonds. The van der Waals surface area contributed by atoms with Gasteiger partial charge in [-0.1, -0.05) is 79.6 Å². The zero-order valence-corrected chi connectivity index (χ0v) is 32.3. The largest absolute Gasteiger partial charge is 0.351 e. The predicted molar refractivity (Wildman–Crippen MR) is 172 cm³/mol. The van der Waals surface area contributed by atoms with Crippen LogP contribution in [0.15, 0.2) is 0 Å². The molecule has 1 aliphatic heterocycles. The Morgan fingerprint density at radius 1 is 0.605 bits per heavy atom. The minimum Gasteiger partial charge on any atom is -0.351 e. The molecular formula is C26H37Br5O6S. The number of hydrogen-bond donors (Lipinski definition) is 1. The first-order chi connectivity index (χ1) is 16.4. The molecule has 0 aromatic rings. The van der Waals surface area contributed by atoms with Crippen molar-refractivity contribution in [3.63, 3.8) is 0 Å². The lowest BCUT2D eigenvalue weighted by atomic mass is 9.52. The summed E-state index contributed by atoms with van der Waals surface area (Å²) < 4.78 is -0.0411. The van der Waals surface area contributed by atoms with Crippen LogP contribution in [0.2, 0.25) is 0 Å². The van der Waals surface area contributed by atoms with Crippen LogP contribution in [-0.2, 0) is 28.7 Å². The van der Waals surface area contributed by atoms with E-state index in [1.165, 1.54) is 6.92 Å². The first-order valence-corrected chi connectivity index (χ1v) is 16.4. The summed E-state index contributed by atoms with van der Waals surface area (Å²) >= 11 is 21.7. The summed E-state index contributed by atoms with van der Waals surface area (Å²) in [6, 6.07) is 0. The number of ketones is 5. The molecular weight excluding hydrogens is 840 g/mol. The number of carbonyl (C=O) groups is 5. The van der Waals surface area contributed by atoms with Gasteiger partial charge >= 0.3 is 0 Å². The molecule has 6 nitrogen and oxygen atoms in total. The molecule has 1 heterocycles. The molecule has 4 unspecified atom stereocenters. The Bertz CT molecular complexity index is 993. The zero-order chi connectivity index (χ0) is 30.8. The average Bonchev–Trinajstić information content (AvgIpc) is 2.66. The van der Waals surface area contributed by atoms with E-state index in [0.717, 1.165) is 0 Å². The molecule has 1 fully saturated rings. The molecule has 38 heavy (non-hydrogen) atoms. The molecule has 12 heteroatoms. The van der Waals surface area contributed by atoms with Crippen LogP contribution in [0.25, 0.3) is 0 Å². The molecule has 1 rings (SSSR count). The van der Waals surface area contributed by atoms with Crippen molar-refractivity contribution in [2.24, 2.45) is 17.3 Å². The highest BCUT2D eigenvalue weighted by Crippen LogP contribution is 2.60. The van der Waals surface area contributed by atoms with E-state index in [4.69, 9.17) is 17.4 Å². The van der Waals surface area contributed by atoms with Gasteiger partial charge in [0, 0.05) is 0 Å². The van der Waals surface area contributed by atoms with Gasteiger partial charge in [-0.2, -0.15) is 0 Å². The number of thiol groups is 1. The first-order valence-electron chi connectivity index (χ1n) is 12.0. The molecule has 4 atom stereocenters. The first kappa shape index (κ1) is 37.1. The van der Waals surface area contributed by atoms with Crippen molar-refractivity contribution in [3.8, 4) is 0 Å². The standard InChI is InChI=1S/C26H37Br5O6S/c1-20(2,27)15(32)12-13(16(33)21(3,4)28)26(18(35)23(7,8)30,19(36)24(9,10)31)25(11,38)37-14(12)17(34)22(5,6)29/h12-14,38H,1-11H3. The van der Waals surface area contributed by atoms with Crippen LogP contribution < -0.4 is 0 Å². The lowest BCUT2D eigenvalue weighted by molar-refractivity contribution is -0.209. The van der Waals surface area contributed by atoms with Crippen LogP contribution >= 0.6 is 92.3 Å². The SMILES string of the molecule is CC(C)(Br)C(=O)C1OC(C)(S)C(C(=O)C(C)(C)Br)(C(=O)C(C)(C)Br)C(C(=O)C(C)(C)Br)C1C(=O)C(C)(C)Br. The van der Waals surface area contributed by atoms with E-state index in [0.29, 0.717) is 0 Å². The van der Waals surface area contributed by atoms with Gasteiger partial charge < -0.3 is 4.74 Å². The number of halogens is 5. The number of rotatable bonds is 10. The number of hydrogen-bond acceptors (Lipinski definition) is 7. The van der Waals surface area contributed by atoms with Gasteiger partial charge in [-0.25, -0.2) is 0 Å². The minimum absolute atomic E-state index is 0.525. The Morgan fingerprint density at radius 3 is 1.18 bits per heavy atom. The normalized spacial score (nSPS) is 27.0. The summed E-state index contributed by atoms with van der Waals surface area (Å²) in [5.74, 6) is -6.19. The third-order valence-corrected chi connectivity index (χ3v) is 8.99. The highest BCUT2D eigenvalue weighted by molar-refractivity contribution is 9.11. The fourth-order valence-electron chi connectivity index (χ4n) is 4.86. The molecule has 0 aliphatic carbocycles. The van der Waals surface area contributed by atoms with Gasteiger partial charge in [0.1, 0.15) is 16.5 Å². The van der Waals surface area contributed by atoms with Gasteiger partial charge in [0.2, 0.25) is 0 Å². The number of carbonyl (C=O) groups excluding carboxylic acids is 5. The van der Waals surface area contributed by atoms with E-state index in [1.807, 2.05) is 0 Å². The van der Waals surface area contributed by atoms with E-state index < -0.39 is 78.8 Å². The molecule has 0 aromatic carbocycles. The van der Waals surface area contributed by atoms with Crippen LogP contribution in [0.4, 0.5) is 0 Å². The van der Waals surface area contributed by atoms with Crippen LogP contribution in [0.1, 0.15) is 76.2 Å². The fourth-order valence-corrected chi connectivity index (χ4v) is 6.68. The van der Waals surface area contributed by atoms with Crippen molar-refractivity contribution in [2.45, 2.75) is 109 Å². The molecule has 0 saturated carbocycles. The zero-order valence-electron chi connectivity index (χ0n) is 23.5. The van der Waals surface area contributed by atoms with Gasteiger partial charge in [-0.05, 0) is 76.2 Å². The summed E-state index contributed by atoms with van der Waals surface area (Å²) in [4.78, 5) is 69.7. The van der Waals surface area contributed by atoms with Gasteiger partial charge in [-0.15, -0.1) is 12.6 Å². The molecule has 1 aliphatic rings. The monoisotopic (exact) mass is 872 g/mol. The molecule has 1 saturated heterocycles. The van der Waals surface area contributed by atoms with E-state index >= 15 is 0 Å². The lowest BCUT2D eigenvalue weighted by Crippen LogP contribution is -2.75. The van der Waals surface area contributed by atoms with E-state index in [9.17, 15) is 24.0 Å². The summed E-state index contributed by atoms with van der Waals surface area (Å²) in [6.45, 7) is 17.1. The number of ether oxygens (including phenoxy) is 1. The lowest BCUT2D eigenvalue weighted by Gasteiger charge is -2.59. The van der Waals surface area contributed by atoms with Crippen molar-refractivity contribution >= 4 is 121 Å². The van der Waals surface area contributed by atoms with Crippen LogP contribution in [-0.4, -0.2) is 61.6 Å². The van der Waals surface area contributed by atoms with Gasteiger partial charge in [-0.3, -0.25) is 24.0 Å². The number of alkyl halides is 5. The summed E-state index contributed by atoms with van der Waals surface area (Å²) in [7, 11) is 0. The average molecular weight is 877 g/mol. The van der Waals surface area contributed by atoms with Crippen molar-refractivity contribution in [1.29, 1.82) is 0 Å². The number of Topliss-reactive ketones (excluding diaryl/α,β-unsaturated/α-hetero) is 5. The molecule has 0 radical (unpaired) electrons. The van der Waals surface area contributed by atoms with Crippen LogP contribution in [0, 0.1) is 17.3 Å². The highest BCUT2D eigenvalue weighted by atomic mass is 79.9. The van der Waals surface area contributed by atoms with Crippen LogP contribution in [0.3, 0.4) is 0 Å².